The first-order valence-corrected chi connectivity index (χ1v) is 8.60. The van der Waals surface area contributed by atoms with Crippen molar-refractivity contribution >= 4 is 38.9 Å². The molecule has 0 aliphatic heterocycles. The predicted molar refractivity (Wildman–Crippen MR) is 104 cm³/mol. The van der Waals surface area contributed by atoms with Crippen molar-refractivity contribution in [1.29, 1.82) is 0 Å². The molecule has 5 nitrogen and oxygen atoms in total. The number of nitrogens with zero attached hydrogens (tertiary/aromatic N) is 2. The fraction of sp³-hybridized carbons (Fsp3) is 0. The van der Waals surface area contributed by atoms with E-state index in [0.717, 1.165) is 10.0 Å². The molecule has 128 valence electrons. The van der Waals surface area contributed by atoms with Crippen LogP contribution in [0.4, 0.5) is 5.69 Å². The summed E-state index contributed by atoms with van der Waals surface area (Å²) in [4.78, 5) is 8.88. The van der Waals surface area contributed by atoms with Gasteiger partial charge in [0.25, 0.3) is 0 Å². The third-order valence-electron chi connectivity index (χ3n) is 3.81. The standard InChI is InChI=1S/C20H13BrN2O3/c21-14-3-1-2-12(8-14)20-23-17-9-15(5-7-19(17)26-20)22-11-13-4-6-16(24)10-18(13)25/h1-11,24-25H. The molecular formula is C20H13BrN2O3. The van der Waals surface area contributed by atoms with Crippen LogP contribution in [0.15, 0.2) is 74.5 Å². The molecule has 0 amide bonds. The number of hydrogen-bond donors (Lipinski definition) is 2. The highest BCUT2D eigenvalue weighted by Gasteiger charge is 2.09. The first-order chi connectivity index (χ1) is 12.6. The van der Waals surface area contributed by atoms with Gasteiger partial charge in [0.2, 0.25) is 5.89 Å². The Morgan fingerprint density at radius 3 is 2.69 bits per heavy atom. The van der Waals surface area contributed by atoms with Gasteiger partial charge in [0.05, 0.1) is 5.69 Å². The summed E-state index contributed by atoms with van der Waals surface area (Å²) < 4.78 is 6.76. The summed E-state index contributed by atoms with van der Waals surface area (Å²) in [5.74, 6) is 0.510. The molecule has 26 heavy (non-hydrogen) atoms. The van der Waals surface area contributed by atoms with Gasteiger partial charge in [-0.3, -0.25) is 4.99 Å². The maximum atomic E-state index is 9.81. The monoisotopic (exact) mass is 408 g/mol. The van der Waals surface area contributed by atoms with Crippen LogP contribution in [-0.4, -0.2) is 21.4 Å². The Hall–Kier alpha value is -3.12. The third kappa shape index (κ3) is 3.32. The Kier molecular flexibility index (Phi) is 4.18. The van der Waals surface area contributed by atoms with Gasteiger partial charge in [-0.15, -0.1) is 0 Å². The lowest BCUT2D eigenvalue weighted by Gasteiger charge is -1.99. The summed E-state index contributed by atoms with van der Waals surface area (Å²) >= 11 is 3.44. The van der Waals surface area contributed by atoms with Crippen molar-refractivity contribution in [3.05, 3.63) is 70.7 Å². The summed E-state index contributed by atoms with van der Waals surface area (Å²) in [5, 5.41) is 19.1. The molecule has 1 heterocycles. The van der Waals surface area contributed by atoms with Crippen molar-refractivity contribution in [1.82, 2.24) is 4.98 Å². The van der Waals surface area contributed by atoms with Crippen LogP contribution in [0.3, 0.4) is 0 Å². The molecule has 4 rings (SSSR count). The zero-order valence-electron chi connectivity index (χ0n) is 13.4. The summed E-state index contributed by atoms with van der Waals surface area (Å²) in [6.45, 7) is 0. The second kappa shape index (κ2) is 6.65. The van der Waals surface area contributed by atoms with Crippen molar-refractivity contribution in [2.75, 3.05) is 0 Å². The first-order valence-electron chi connectivity index (χ1n) is 7.81. The van der Waals surface area contributed by atoms with Crippen LogP contribution in [-0.2, 0) is 0 Å². The van der Waals surface area contributed by atoms with Gasteiger partial charge >= 0.3 is 0 Å². The van der Waals surface area contributed by atoms with Crippen molar-refractivity contribution in [2.45, 2.75) is 0 Å². The van der Waals surface area contributed by atoms with Crippen LogP contribution in [0, 0.1) is 0 Å². The van der Waals surface area contributed by atoms with Gasteiger partial charge < -0.3 is 14.6 Å². The second-order valence-electron chi connectivity index (χ2n) is 5.68. The van der Waals surface area contributed by atoms with Gasteiger partial charge in [0.1, 0.15) is 17.0 Å². The minimum atomic E-state index is -0.0341. The van der Waals surface area contributed by atoms with E-state index in [4.69, 9.17) is 4.42 Å². The number of benzene rings is 3. The SMILES string of the molecule is Oc1ccc(C=Nc2ccc3oc(-c4cccc(Br)c4)nc3c2)c(O)c1. The molecule has 0 bridgehead atoms. The lowest BCUT2D eigenvalue weighted by molar-refractivity contribution is 0.450. The fourth-order valence-electron chi connectivity index (χ4n) is 2.53. The maximum Gasteiger partial charge on any atom is 0.227 e. The van der Waals surface area contributed by atoms with Crippen LogP contribution in [0.5, 0.6) is 11.5 Å². The summed E-state index contributed by atoms with van der Waals surface area (Å²) in [5.41, 5.74) is 3.45. The molecule has 0 aliphatic rings. The Balaban J connectivity index is 1.66. The zero-order valence-corrected chi connectivity index (χ0v) is 15.0. The molecule has 4 aromatic rings. The highest BCUT2D eigenvalue weighted by molar-refractivity contribution is 9.10. The zero-order chi connectivity index (χ0) is 18.1. The molecular weight excluding hydrogens is 396 g/mol. The van der Waals surface area contributed by atoms with Gasteiger partial charge in [-0.05, 0) is 48.5 Å². The smallest absolute Gasteiger partial charge is 0.227 e. The molecule has 2 N–H and O–H groups in total. The number of phenolic OH excluding ortho intramolecular Hbond substituents is 2. The molecule has 3 aromatic carbocycles. The van der Waals surface area contributed by atoms with E-state index in [1.807, 2.05) is 42.5 Å². The predicted octanol–water partition coefficient (Wildman–Crippen LogP) is 5.42. The quantitative estimate of drug-likeness (QED) is 0.443. The summed E-state index contributed by atoms with van der Waals surface area (Å²) in [6.07, 6.45) is 1.53. The molecule has 0 spiro atoms. The number of halogens is 1. The largest absolute Gasteiger partial charge is 0.508 e. The molecule has 0 aliphatic carbocycles. The topological polar surface area (TPSA) is 78.9 Å². The van der Waals surface area contributed by atoms with Crippen molar-refractivity contribution < 1.29 is 14.6 Å². The van der Waals surface area contributed by atoms with E-state index in [1.54, 1.807) is 6.07 Å². The Labute approximate surface area is 157 Å². The number of oxazole rings is 1. The lowest BCUT2D eigenvalue weighted by atomic mass is 10.2. The number of phenols is 2. The van der Waals surface area contributed by atoms with E-state index < -0.39 is 0 Å². The van der Waals surface area contributed by atoms with Crippen molar-refractivity contribution in [3.8, 4) is 23.0 Å². The van der Waals surface area contributed by atoms with Gasteiger partial charge in [-0.2, -0.15) is 0 Å². The number of rotatable bonds is 3. The van der Waals surface area contributed by atoms with Gasteiger partial charge in [0.15, 0.2) is 5.58 Å². The van der Waals surface area contributed by atoms with Crippen molar-refractivity contribution in [2.24, 2.45) is 4.99 Å². The van der Waals surface area contributed by atoms with E-state index in [1.165, 1.54) is 18.3 Å². The molecule has 0 unspecified atom stereocenters. The molecule has 0 saturated heterocycles. The normalized spacial score (nSPS) is 11.4. The Morgan fingerprint density at radius 2 is 1.88 bits per heavy atom. The van der Waals surface area contributed by atoms with Crippen molar-refractivity contribution in [3.63, 3.8) is 0 Å². The Bertz CT molecular complexity index is 1140. The molecule has 6 heteroatoms. The molecule has 0 atom stereocenters. The lowest BCUT2D eigenvalue weighted by Crippen LogP contribution is -1.81. The van der Waals surface area contributed by atoms with E-state index in [-0.39, 0.29) is 11.5 Å². The van der Waals surface area contributed by atoms with Crippen LogP contribution in [0.1, 0.15) is 5.56 Å². The van der Waals surface area contributed by atoms with Gasteiger partial charge in [-0.1, -0.05) is 22.0 Å². The van der Waals surface area contributed by atoms with E-state index >= 15 is 0 Å². The number of aromatic hydroxyl groups is 2. The highest BCUT2D eigenvalue weighted by atomic mass is 79.9. The average molecular weight is 409 g/mol. The van der Waals surface area contributed by atoms with Gasteiger partial charge in [0, 0.05) is 27.9 Å². The number of aromatic nitrogens is 1. The summed E-state index contributed by atoms with van der Waals surface area (Å²) in [7, 11) is 0. The highest BCUT2D eigenvalue weighted by Crippen LogP contribution is 2.29. The molecule has 0 fully saturated rings. The second-order valence-corrected chi connectivity index (χ2v) is 6.60. The third-order valence-corrected chi connectivity index (χ3v) is 4.30. The Morgan fingerprint density at radius 1 is 1.00 bits per heavy atom. The van der Waals surface area contributed by atoms with Crippen LogP contribution < -0.4 is 0 Å². The minimum Gasteiger partial charge on any atom is -0.508 e. The van der Waals surface area contributed by atoms with Gasteiger partial charge in [-0.25, -0.2) is 4.98 Å². The average Bonchev–Trinajstić information content (AvgIpc) is 3.04. The first kappa shape index (κ1) is 16.4. The minimum absolute atomic E-state index is 0.00347. The van der Waals surface area contributed by atoms with E-state index in [2.05, 4.69) is 25.9 Å². The van der Waals surface area contributed by atoms with Crippen LogP contribution >= 0.6 is 15.9 Å². The van der Waals surface area contributed by atoms with Crippen LogP contribution in [0.2, 0.25) is 0 Å². The van der Waals surface area contributed by atoms with Crippen LogP contribution in [0.25, 0.3) is 22.6 Å². The van der Waals surface area contributed by atoms with E-state index in [9.17, 15) is 10.2 Å². The van der Waals surface area contributed by atoms with E-state index in [0.29, 0.717) is 28.2 Å². The fourth-order valence-corrected chi connectivity index (χ4v) is 2.93. The molecule has 0 saturated carbocycles. The number of fused-ring (bicyclic) bond motifs is 1. The number of aliphatic imine (C=N–C) groups is 1. The molecule has 1 aromatic heterocycles. The summed E-state index contributed by atoms with van der Waals surface area (Å²) in [6, 6.07) is 17.5. The number of hydrogen-bond acceptors (Lipinski definition) is 5. The molecule has 0 radical (unpaired) electrons. The maximum absolute atomic E-state index is 9.81.